The first-order chi connectivity index (χ1) is 8.75. The van der Waals surface area contributed by atoms with Gasteiger partial charge in [-0.15, -0.1) is 0 Å². The van der Waals surface area contributed by atoms with Crippen LogP contribution in [0.15, 0.2) is 4.52 Å². The molecule has 0 unspecified atom stereocenters. The third-order valence-corrected chi connectivity index (χ3v) is 4.07. The number of methoxy groups -OCH3 is 1. The molecule has 18 heavy (non-hydrogen) atoms. The molecule has 0 radical (unpaired) electrons. The maximum atomic E-state index is 5.63. The number of piperidine rings is 1. The van der Waals surface area contributed by atoms with Crippen LogP contribution in [0.2, 0.25) is 0 Å². The van der Waals surface area contributed by atoms with Gasteiger partial charge in [-0.2, -0.15) is 4.98 Å². The van der Waals surface area contributed by atoms with Gasteiger partial charge in [0, 0.05) is 13.0 Å². The van der Waals surface area contributed by atoms with Crippen LogP contribution in [0, 0.1) is 0 Å². The molecule has 0 aliphatic carbocycles. The predicted octanol–water partition coefficient (Wildman–Crippen LogP) is 2.20. The lowest BCUT2D eigenvalue weighted by molar-refractivity contribution is -0.0306. The summed E-state index contributed by atoms with van der Waals surface area (Å²) in [5.41, 5.74) is -0.394. The fourth-order valence-corrected chi connectivity index (χ4v) is 2.60. The lowest BCUT2D eigenvalue weighted by Crippen LogP contribution is -2.29. The topological polar surface area (TPSA) is 60.2 Å². The monoisotopic (exact) mass is 253 g/mol. The van der Waals surface area contributed by atoms with Crippen LogP contribution in [0.25, 0.3) is 0 Å². The fourth-order valence-electron chi connectivity index (χ4n) is 2.60. The van der Waals surface area contributed by atoms with E-state index in [0.717, 1.165) is 44.7 Å². The molecular weight excluding hydrogens is 230 g/mol. The largest absolute Gasteiger partial charge is 0.370 e. The quantitative estimate of drug-likeness (QED) is 0.871. The molecular formula is C13H23N3O2. The maximum absolute atomic E-state index is 5.63. The normalized spacial score (nSPS) is 18.2. The number of hydrogen-bond donors (Lipinski definition) is 1. The molecule has 5 nitrogen and oxygen atoms in total. The van der Waals surface area contributed by atoms with Gasteiger partial charge in [0.05, 0.1) is 0 Å². The van der Waals surface area contributed by atoms with Crippen molar-refractivity contribution >= 4 is 0 Å². The summed E-state index contributed by atoms with van der Waals surface area (Å²) < 4.78 is 11.1. The van der Waals surface area contributed by atoms with Gasteiger partial charge in [0.1, 0.15) is 5.60 Å². The molecule has 0 saturated carbocycles. The molecule has 0 aromatic carbocycles. The molecule has 1 saturated heterocycles. The lowest BCUT2D eigenvalue weighted by Gasteiger charge is -2.26. The standard InChI is InChI=1S/C13H23N3O2/c1-4-13(5-2,17-3)12-15-11(18-16-12)10-6-8-14-9-7-10/h10,14H,4-9H2,1-3H3. The minimum absolute atomic E-state index is 0.394. The molecule has 1 aromatic rings. The Bertz CT molecular complexity index is 360. The fraction of sp³-hybridized carbons (Fsp3) is 0.846. The van der Waals surface area contributed by atoms with Gasteiger partial charge in [0.15, 0.2) is 0 Å². The van der Waals surface area contributed by atoms with Gasteiger partial charge in [-0.25, -0.2) is 0 Å². The van der Waals surface area contributed by atoms with Crippen molar-refractivity contribution in [3.8, 4) is 0 Å². The van der Waals surface area contributed by atoms with Gasteiger partial charge in [0.25, 0.3) is 0 Å². The Hall–Kier alpha value is -0.940. The van der Waals surface area contributed by atoms with E-state index in [0.29, 0.717) is 11.7 Å². The van der Waals surface area contributed by atoms with Gasteiger partial charge >= 0.3 is 0 Å². The number of aromatic nitrogens is 2. The summed E-state index contributed by atoms with van der Waals surface area (Å²) in [6.45, 7) is 6.24. The first kappa shape index (κ1) is 13.5. The molecule has 2 rings (SSSR count). The highest BCUT2D eigenvalue weighted by molar-refractivity contribution is 5.04. The summed E-state index contributed by atoms with van der Waals surface area (Å²) in [7, 11) is 1.72. The van der Waals surface area contributed by atoms with Crippen LogP contribution in [0.3, 0.4) is 0 Å². The number of ether oxygens (including phenoxy) is 1. The number of rotatable bonds is 5. The molecule has 1 aliphatic heterocycles. The molecule has 0 amide bonds. The maximum Gasteiger partial charge on any atom is 0.229 e. The predicted molar refractivity (Wildman–Crippen MR) is 68.4 cm³/mol. The van der Waals surface area contributed by atoms with E-state index < -0.39 is 5.60 Å². The molecule has 0 spiro atoms. The first-order valence-electron chi connectivity index (χ1n) is 6.85. The zero-order chi connectivity index (χ0) is 13.0. The van der Waals surface area contributed by atoms with Crippen LogP contribution < -0.4 is 5.32 Å². The molecule has 1 fully saturated rings. The van der Waals surface area contributed by atoms with E-state index in [-0.39, 0.29) is 0 Å². The molecule has 102 valence electrons. The minimum Gasteiger partial charge on any atom is -0.370 e. The summed E-state index contributed by atoms with van der Waals surface area (Å²) in [5, 5.41) is 7.49. The Kier molecular flexibility index (Phi) is 4.35. The Morgan fingerprint density at radius 1 is 1.33 bits per heavy atom. The van der Waals surface area contributed by atoms with Crippen molar-refractivity contribution in [3.05, 3.63) is 11.7 Å². The molecule has 1 aliphatic rings. The van der Waals surface area contributed by atoms with Crippen LogP contribution in [-0.4, -0.2) is 30.3 Å². The lowest BCUT2D eigenvalue weighted by atomic mass is 9.95. The molecule has 1 N–H and O–H groups in total. The number of hydrogen-bond acceptors (Lipinski definition) is 5. The SMILES string of the molecule is CCC(CC)(OC)c1noc(C2CCNCC2)n1. The Balaban J connectivity index is 2.18. The van der Waals surface area contributed by atoms with Crippen molar-refractivity contribution in [1.29, 1.82) is 0 Å². The zero-order valence-corrected chi connectivity index (χ0v) is 11.5. The highest BCUT2D eigenvalue weighted by atomic mass is 16.5. The van der Waals surface area contributed by atoms with Crippen LogP contribution in [-0.2, 0) is 10.3 Å². The summed E-state index contributed by atoms with van der Waals surface area (Å²) >= 11 is 0. The van der Waals surface area contributed by atoms with Gasteiger partial charge < -0.3 is 14.6 Å². The Morgan fingerprint density at radius 3 is 2.56 bits per heavy atom. The third kappa shape index (κ3) is 2.42. The second-order valence-electron chi connectivity index (χ2n) is 4.89. The van der Waals surface area contributed by atoms with Crippen molar-refractivity contribution in [1.82, 2.24) is 15.5 Å². The summed E-state index contributed by atoms with van der Waals surface area (Å²) in [5.74, 6) is 1.87. The molecule has 5 heteroatoms. The van der Waals surface area contributed by atoms with Crippen LogP contribution >= 0.6 is 0 Å². The van der Waals surface area contributed by atoms with E-state index in [4.69, 9.17) is 9.26 Å². The van der Waals surface area contributed by atoms with Gasteiger partial charge in [-0.3, -0.25) is 0 Å². The van der Waals surface area contributed by atoms with E-state index >= 15 is 0 Å². The second-order valence-corrected chi connectivity index (χ2v) is 4.89. The molecule has 0 bridgehead atoms. The Morgan fingerprint density at radius 2 is 2.00 bits per heavy atom. The van der Waals surface area contributed by atoms with Crippen molar-refractivity contribution < 1.29 is 9.26 Å². The number of nitrogens with zero attached hydrogens (tertiary/aromatic N) is 2. The van der Waals surface area contributed by atoms with E-state index in [1.54, 1.807) is 7.11 Å². The van der Waals surface area contributed by atoms with E-state index in [2.05, 4.69) is 29.3 Å². The van der Waals surface area contributed by atoms with Crippen molar-refractivity contribution in [2.45, 2.75) is 51.0 Å². The molecule has 2 heterocycles. The number of nitrogens with one attached hydrogen (secondary N) is 1. The molecule has 0 atom stereocenters. The smallest absolute Gasteiger partial charge is 0.229 e. The Labute approximate surface area is 108 Å². The summed E-state index contributed by atoms with van der Waals surface area (Å²) in [4.78, 5) is 4.59. The summed E-state index contributed by atoms with van der Waals surface area (Å²) in [6.07, 6.45) is 3.84. The zero-order valence-electron chi connectivity index (χ0n) is 11.5. The van der Waals surface area contributed by atoms with Gasteiger partial charge in [-0.05, 0) is 38.8 Å². The molecule has 1 aromatic heterocycles. The van der Waals surface area contributed by atoms with Crippen LogP contribution in [0.1, 0.15) is 57.2 Å². The average Bonchev–Trinajstić information content (AvgIpc) is 2.93. The van der Waals surface area contributed by atoms with E-state index in [1.807, 2.05) is 0 Å². The van der Waals surface area contributed by atoms with E-state index in [1.165, 1.54) is 0 Å². The minimum atomic E-state index is -0.394. The second kappa shape index (κ2) is 5.80. The van der Waals surface area contributed by atoms with Crippen molar-refractivity contribution in [2.75, 3.05) is 20.2 Å². The van der Waals surface area contributed by atoms with Crippen molar-refractivity contribution in [3.63, 3.8) is 0 Å². The van der Waals surface area contributed by atoms with Crippen LogP contribution in [0.4, 0.5) is 0 Å². The highest BCUT2D eigenvalue weighted by Crippen LogP contribution is 2.32. The van der Waals surface area contributed by atoms with Gasteiger partial charge in [0.2, 0.25) is 11.7 Å². The highest BCUT2D eigenvalue weighted by Gasteiger charge is 2.34. The summed E-state index contributed by atoms with van der Waals surface area (Å²) in [6, 6.07) is 0. The van der Waals surface area contributed by atoms with E-state index in [9.17, 15) is 0 Å². The van der Waals surface area contributed by atoms with Crippen LogP contribution in [0.5, 0.6) is 0 Å². The first-order valence-corrected chi connectivity index (χ1v) is 6.85. The average molecular weight is 253 g/mol. The van der Waals surface area contributed by atoms with Gasteiger partial charge in [-0.1, -0.05) is 19.0 Å². The third-order valence-electron chi connectivity index (χ3n) is 4.07. The van der Waals surface area contributed by atoms with Crippen molar-refractivity contribution in [2.24, 2.45) is 0 Å².